The zero-order chi connectivity index (χ0) is 15.4. The Labute approximate surface area is 129 Å². The molecule has 0 saturated carbocycles. The number of rotatable bonds is 2. The number of carbonyl (C=O) groups is 1. The summed E-state index contributed by atoms with van der Waals surface area (Å²) in [4.78, 5) is 13.9. The van der Waals surface area contributed by atoms with Crippen LogP contribution >= 0.6 is 0 Å². The zero-order valence-corrected chi connectivity index (χ0v) is 12.1. The molecule has 0 spiro atoms. The Morgan fingerprint density at radius 2 is 1.77 bits per heavy atom. The van der Waals surface area contributed by atoms with Crippen molar-refractivity contribution in [1.29, 1.82) is 0 Å². The van der Waals surface area contributed by atoms with E-state index >= 15 is 0 Å². The minimum atomic E-state index is -0.423. The van der Waals surface area contributed by atoms with Gasteiger partial charge in [-0.05, 0) is 29.7 Å². The van der Waals surface area contributed by atoms with E-state index in [-0.39, 0.29) is 11.7 Å². The maximum Gasteiger partial charge on any atom is 0.322 e. The molecule has 112 valence electrons. The fraction of sp³-hybridized carbons (Fsp3) is 0.167. The van der Waals surface area contributed by atoms with E-state index in [0.717, 1.165) is 6.42 Å². The van der Waals surface area contributed by atoms with Gasteiger partial charge in [-0.25, -0.2) is 9.18 Å². The van der Waals surface area contributed by atoms with E-state index in [1.165, 1.54) is 17.2 Å². The summed E-state index contributed by atoms with van der Waals surface area (Å²) in [5, 5.41) is 2.62. The van der Waals surface area contributed by atoms with Crippen LogP contribution in [0.5, 0.6) is 0 Å². The Kier molecular flexibility index (Phi) is 4.19. The minimum absolute atomic E-state index is 0.213. The first kappa shape index (κ1) is 14.3. The van der Waals surface area contributed by atoms with Gasteiger partial charge in [-0.1, -0.05) is 48.5 Å². The molecule has 0 aliphatic carbocycles. The average Bonchev–Trinajstić information content (AvgIpc) is 2.58. The quantitative estimate of drug-likeness (QED) is 0.887. The lowest BCUT2D eigenvalue weighted by Crippen LogP contribution is -2.38. The Morgan fingerprint density at radius 1 is 1.05 bits per heavy atom. The van der Waals surface area contributed by atoms with Crippen molar-refractivity contribution >= 4 is 17.3 Å². The second-order valence-corrected chi connectivity index (χ2v) is 5.20. The maximum absolute atomic E-state index is 13.6. The van der Waals surface area contributed by atoms with E-state index < -0.39 is 5.82 Å². The molecule has 22 heavy (non-hydrogen) atoms. The molecule has 0 fully saturated rings. The van der Waals surface area contributed by atoms with Crippen LogP contribution in [-0.2, 0) is 0 Å². The lowest BCUT2D eigenvalue weighted by molar-refractivity contribution is 0.217. The first-order valence-corrected chi connectivity index (χ1v) is 7.29. The Bertz CT molecular complexity index is 697. The fourth-order valence-corrected chi connectivity index (χ4v) is 2.52. The highest BCUT2D eigenvalue weighted by Crippen LogP contribution is 2.22. The fourth-order valence-electron chi connectivity index (χ4n) is 2.52. The minimum Gasteiger partial charge on any atom is -0.320 e. The molecule has 1 heterocycles. The second kappa shape index (κ2) is 6.43. The molecule has 1 N–H and O–H groups in total. The van der Waals surface area contributed by atoms with Crippen LogP contribution in [0.3, 0.4) is 0 Å². The van der Waals surface area contributed by atoms with E-state index in [1.54, 1.807) is 23.1 Å². The van der Waals surface area contributed by atoms with Crippen molar-refractivity contribution in [2.75, 3.05) is 18.4 Å². The van der Waals surface area contributed by atoms with Crippen LogP contribution in [0.25, 0.3) is 5.57 Å². The third kappa shape index (κ3) is 3.17. The number of nitrogens with one attached hydrogen (secondary N) is 1. The maximum atomic E-state index is 13.6. The third-order valence-corrected chi connectivity index (χ3v) is 3.76. The molecular weight excluding hydrogens is 279 g/mol. The number of hydrogen-bond acceptors (Lipinski definition) is 1. The highest BCUT2D eigenvalue weighted by atomic mass is 19.1. The molecule has 3 nitrogen and oxygen atoms in total. The standard InChI is InChI=1S/C18H17FN2O/c19-16-8-4-5-9-17(16)20-18(22)21-12-10-15(11-13-21)14-6-2-1-3-7-14/h1-10H,11-13H2,(H,20,22). The van der Waals surface area contributed by atoms with E-state index in [4.69, 9.17) is 0 Å². The summed E-state index contributed by atoms with van der Waals surface area (Å²) in [6, 6.07) is 16.1. The van der Waals surface area contributed by atoms with Gasteiger partial charge < -0.3 is 10.2 Å². The number of nitrogens with zero attached hydrogens (tertiary/aromatic N) is 1. The van der Waals surface area contributed by atoms with Crippen molar-refractivity contribution < 1.29 is 9.18 Å². The summed E-state index contributed by atoms with van der Waals surface area (Å²) in [5.74, 6) is -0.423. The second-order valence-electron chi connectivity index (χ2n) is 5.20. The number of benzene rings is 2. The molecule has 0 unspecified atom stereocenters. The third-order valence-electron chi connectivity index (χ3n) is 3.76. The Morgan fingerprint density at radius 3 is 2.45 bits per heavy atom. The molecule has 0 bridgehead atoms. The van der Waals surface area contributed by atoms with Gasteiger partial charge in [0.05, 0.1) is 5.69 Å². The Hall–Kier alpha value is -2.62. The predicted octanol–water partition coefficient (Wildman–Crippen LogP) is 4.15. The van der Waals surface area contributed by atoms with Gasteiger partial charge in [-0.15, -0.1) is 0 Å². The summed E-state index contributed by atoms with van der Waals surface area (Å²) < 4.78 is 13.6. The van der Waals surface area contributed by atoms with Crippen molar-refractivity contribution in [2.45, 2.75) is 6.42 Å². The van der Waals surface area contributed by atoms with Gasteiger partial charge in [0.2, 0.25) is 0 Å². The zero-order valence-electron chi connectivity index (χ0n) is 12.1. The molecule has 4 heteroatoms. The van der Waals surface area contributed by atoms with Crippen molar-refractivity contribution in [3.63, 3.8) is 0 Å². The van der Waals surface area contributed by atoms with Crippen molar-refractivity contribution in [2.24, 2.45) is 0 Å². The topological polar surface area (TPSA) is 32.3 Å². The monoisotopic (exact) mass is 296 g/mol. The molecule has 2 aromatic rings. The van der Waals surface area contributed by atoms with Crippen LogP contribution in [0.15, 0.2) is 60.7 Å². The van der Waals surface area contributed by atoms with Gasteiger partial charge in [-0.3, -0.25) is 0 Å². The van der Waals surface area contributed by atoms with Crippen LogP contribution in [0.4, 0.5) is 14.9 Å². The summed E-state index contributed by atoms with van der Waals surface area (Å²) in [5.41, 5.74) is 2.65. The molecule has 3 rings (SSSR count). The number of urea groups is 1. The van der Waals surface area contributed by atoms with Gasteiger partial charge >= 0.3 is 6.03 Å². The van der Waals surface area contributed by atoms with Crippen LogP contribution in [0, 0.1) is 5.82 Å². The molecule has 1 aliphatic rings. The Balaban J connectivity index is 1.65. The first-order chi connectivity index (χ1) is 10.7. The number of para-hydroxylation sites is 1. The lowest BCUT2D eigenvalue weighted by Gasteiger charge is -2.27. The molecule has 0 saturated heterocycles. The predicted molar refractivity (Wildman–Crippen MR) is 86.0 cm³/mol. The first-order valence-electron chi connectivity index (χ1n) is 7.29. The number of carbonyl (C=O) groups excluding carboxylic acids is 1. The summed E-state index contributed by atoms with van der Waals surface area (Å²) in [7, 11) is 0. The molecule has 0 radical (unpaired) electrons. The van der Waals surface area contributed by atoms with E-state index in [9.17, 15) is 9.18 Å². The van der Waals surface area contributed by atoms with Gasteiger partial charge in [-0.2, -0.15) is 0 Å². The highest BCUT2D eigenvalue weighted by molar-refractivity contribution is 5.90. The molecule has 0 aromatic heterocycles. The van der Waals surface area contributed by atoms with E-state index in [0.29, 0.717) is 13.1 Å². The number of anilines is 1. The largest absolute Gasteiger partial charge is 0.322 e. The van der Waals surface area contributed by atoms with Crippen LogP contribution in [0.2, 0.25) is 0 Å². The van der Waals surface area contributed by atoms with Crippen molar-refractivity contribution in [3.8, 4) is 0 Å². The van der Waals surface area contributed by atoms with E-state index in [1.807, 2.05) is 18.2 Å². The normalized spacial score (nSPS) is 14.4. The van der Waals surface area contributed by atoms with E-state index in [2.05, 4.69) is 23.5 Å². The van der Waals surface area contributed by atoms with Crippen molar-refractivity contribution in [1.82, 2.24) is 4.90 Å². The van der Waals surface area contributed by atoms with Gasteiger partial charge in [0.15, 0.2) is 0 Å². The molecular formula is C18H17FN2O. The van der Waals surface area contributed by atoms with Crippen LogP contribution < -0.4 is 5.32 Å². The van der Waals surface area contributed by atoms with Gasteiger partial charge in [0.25, 0.3) is 0 Å². The summed E-state index contributed by atoms with van der Waals surface area (Å²) >= 11 is 0. The molecule has 2 amide bonds. The number of halogens is 1. The highest BCUT2D eigenvalue weighted by Gasteiger charge is 2.18. The van der Waals surface area contributed by atoms with Gasteiger partial charge in [0.1, 0.15) is 5.82 Å². The lowest BCUT2D eigenvalue weighted by atomic mass is 10.00. The van der Waals surface area contributed by atoms with Gasteiger partial charge in [0, 0.05) is 13.1 Å². The molecule has 0 atom stereocenters. The number of hydrogen-bond donors (Lipinski definition) is 1. The smallest absolute Gasteiger partial charge is 0.320 e. The molecule has 2 aromatic carbocycles. The molecule has 1 aliphatic heterocycles. The average molecular weight is 296 g/mol. The van der Waals surface area contributed by atoms with Crippen LogP contribution in [-0.4, -0.2) is 24.0 Å². The summed E-state index contributed by atoms with van der Waals surface area (Å²) in [6.07, 6.45) is 2.86. The number of amides is 2. The van der Waals surface area contributed by atoms with Crippen LogP contribution in [0.1, 0.15) is 12.0 Å². The SMILES string of the molecule is O=C(Nc1ccccc1F)N1CC=C(c2ccccc2)CC1. The van der Waals surface area contributed by atoms with Crippen molar-refractivity contribution in [3.05, 3.63) is 72.1 Å². The summed E-state index contributed by atoms with van der Waals surface area (Å²) in [6.45, 7) is 1.16.